The van der Waals surface area contributed by atoms with Crippen molar-refractivity contribution in [3.05, 3.63) is 19.8 Å². The quantitative estimate of drug-likeness (QED) is 0.782. The monoisotopic (exact) mass is 263 g/mol. The summed E-state index contributed by atoms with van der Waals surface area (Å²) in [7, 11) is 0. The Morgan fingerprint density at radius 1 is 1.27 bits per heavy atom. The van der Waals surface area contributed by atoms with Gasteiger partial charge in [-0.25, -0.2) is 4.79 Å². The van der Waals surface area contributed by atoms with Crippen LogP contribution in [-0.4, -0.2) is 17.9 Å². The molecule has 1 aromatic rings. The number of alkyl carbamates (subject to hydrolysis) is 1. The van der Waals surface area contributed by atoms with Crippen LogP contribution in [0.25, 0.3) is 0 Å². The van der Waals surface area contributed by atoms with Gasteiger partial charge in [-0.15, -0.1) is 11.3 Å². The molecule has 15 heavy (non-hydrogen) atoms. The number of amides is 1. The number of carbonyl (C=O) groups excluding carboxylic acids is 2. The Hall–Kier alpha value is -0.780. The zero-order chi connectivity index (χ0) is 10.7. The summed E-state index contributed by atoms with van der Waals surface area (Å²) in [5.41, 5.74) is 0.932. The minimum atomic E-state index is -0.661. The molecule has 1 fully saturated rings. The molecule has 0 saturated carbocycles. The topological polar surface area (TPSA) is 55.4 Å². The molecule has 7 heteroatoms. The maximum atomic E-state index is 11.8. The number of hydrogen-bond acceptors (Lipinski definition) is 4. The van der Waals surface area contributed by atoms with Gasteiger partial charge in [-0.05, 0) is 0 Å². The minimum absolute atomic E-state index is 0.228. The molecule has 0 radical (unpaired) electrons. The molecule has 0 aromatic carbocycles. The standard InChI is InChI=1S/C8H3Cl2NO3S/c9-6-1-2(7(10)15-6)5-3(4(1)12)11-8(13)14-5/h3,5H,(H,11,13)/t3-,5+/m0/s1. The maximum absolute atomic E-state index is 11.8. The molecule has 1 aliphatic heterocycles. The van der Waals surface area contributed by atoms with Gasteiger partial charge in [-0.1, -0.05) is 23.2 Å². The smallest absolute Gasteiger partial charge is 0.408 e. The molecule has 1 saturated heterocycles. The first-order valence-electron chi connectivity index (χ1n) is 4.08. The Morgan fingerprint density at radius 2 is 2.00 bits per heavy atom. The fourth-order valence-electron chi connectivity index (χ4n) is 1.88. The van der Waals surface area contributed by atoms with E-state index in [1.54, 1.807) is 0 Å². The highest BCUT2D eigenvalue weighted by Gasteiger charge is 2.51. The van der Waals surface area contributed by atoms with Gasteiger partial charge in [0.15, 0.2) is 11.9 Å². The van der Waals surface area contributed by atoms with Crippen LogP contribution in [0.2, 0.25) is 8.67 Å². The van der Waals surface area contributed by atoms with Gasteiger partial charge in [0.2, 0.25) is 0 Å². The van der Waals surface area contributed by atoms with Crippen LogP contribution in [0.5, 0.6) is 0 Å². The van der Waals surface area contributed by atoms with Crippen LogP contribution in [0.3, 0.4) is 0 Å². The van der Waals surface area contributed by atoms with E-state index in [0.717, 1.165) is 11.3 Å². The average Bonchev–Trinajstić information content (AvgIpc) is 2.71. The van der Waals surface area contributed by atoms with Crippen LogP contribution in [-0.2, 0) is 4.74 Å². The molecule has 2 aliphatic rings. The zero-order valence-electron chi connectivity index (χ0n) is 7.04. The molecule has 78 valence electrons. The largest absolute Gasteiger partial charge is 0.439 e. The van der Waals surface area contributed by atoms with Crippen molar-refractivity contribution in [2.24, 2.45) is 0 Å². The van der Waals surface area contributed by atoms with E-state index in [9.17, 15) is 9.59 Å². The molecular formula is C8H3Cl2NO3S. The number of ketones is 1. The first-order valence-corrected chi connectivity index (χ1v) is 5.66. The highest BCUT2D eigenvalue weighted by atomic mass is 35.5. The lowest BCUT2D eigenvalue weighted by Crippen LogP contribution is -2.31. The summed E-state index contributed by atoms with van der Waals surface area (Å²) in [6.45, 7) is 0. The molecule has 3 rings (SSSR count). The van der Waals surface area contributed by atoms with Gasteiger partial charge in [-0.3, -0.25) is 4.79 Å². The summed E-state index contributed by atoms with van der Waals surface area (Å²) in [6, 6.07) is -0.661. The van der Waals surface area contributed by atoms with Gasteiger partial charge >= 0.3 is 6.09 Å². The summed E-state index contributed by atoms with van der Waals surface area (Å²) in [5, 5.41) is 2.43. The van der Waals surface area contributed by atoms with Crippen LogP contribution >= 0.6 is 34.5 Å². The molecule has 1 N–H and O–H groups in total. The zero-order valence-corrected chi connectivity index (χ0v) is 9.37. The molecular weight excluding hydrogens is 261 g/mol. The number of rotatable bonds is 0. The predicted octanol–water partition coefficient (Wildman–Crippen LogP) is 2.40. The number of fused-ring (bicyclic) bond motifs is 3. The lowest BCUT2D eigenvalue weighted by atomic mass is 10.2. The van der Waals surface area contributed by atoms with Crippen molar-refractivity contribution in [3.8, 4) is 0 Å². The normalized spacial score (nSPS) is 27.3. The fourth-order valence-corrected chi connectivity index (χ4v) is 3.65. The van der Waals surface area contributed by atoms with E-state index >= 15 is 0 Å². The van der Waals surface area contributed by atoms with Crippen LogP contribution in [0.4, 0.5) is 4.79 Å². The number of Topliss-reactive ketones (excluding diaryl/α,β-unsaturated/α-hetero) is 1. The second kappa shape index (κ2) is 2.87. The number of ether oxygens (including phenoxy) is 1. The van der Waals surface area contributed by atoms with Crippen molar-refractivity contribution in [2.75, 3.05) is 0 Å². The fraction of sp³-hybridized carbons (Fsp3) is 0.250. The Balaban J connectivity index is 2.21. The van der Waals surface area contributed by atoms with Crippen LogP contribution < -0.4 is 5.32 Å². The van der Waals surface area contributed by atoms with Crippen molar-refractivity contribution < 1.29 is 14.3 Å². The van der Waals surface area contributed by atoms with E-state index in [2.05, 4.69) is 5.32 Å². The molecule has 0 bridgehead atoms. The van der Waals surface area contributed by atoms with Crippen molar-refractivity contribution in [1.29, 1.82) is 0 Å². The van der Waals surface area contributed by atoms with E-state index in [4.69, 9.17) is 27.9 Å². The second-order valence-corrected chi connectivity index (χ2v) is 5.48. The summed E-state index contributed by atoms with van der Waals surface area (Å²) >= 11 is 12.9. The van der Waals surface area contributed by atoms with Gasteiger partial charge in [0.05, 0.1) is 5.56 Å². The Bertz CT molecular complexity index is 498. The highest BCUT2D eigenvalue weighted by molar-refractivity contribution is 7.20. The van der Waals surface area contributed by atoms with Gasteiger partial charge in [-0.2, -0.15) is 0 Å². The van der Waals surface area contributed by atoms with Crippen molar-refractivity contribution in [3.63, 3.8) is 0 Å². The molecule has 1 aromatic heterocycles. The molecule has 4 nitrogen and oxygen atoms in total. The first kappa shape index (κ1) is 9.45. The van der Waals surface area contributed by atoms with Crippen LogP contribution in [0, 0.1) is 0 Å². The van der Waals surface area contributed by atoms with Crippen molar-refractivity contribution >= 4 is 46.4 Å². The van der Waals surface area contributed by atoms with E-state index in [1.807, 2.05) is 0 Å². The summed E-state index contributed by atoms with van der Waals surface area (Å²) in [4.78, 5) is 22.8. The summed E-state index contributed by atoms with van der Waals surface area (Å²) < 4.78 is 5.73. The van der Waals surface area contributed by atoms with Gasteiger partial charge < -0.3 is 10.1 Å². The lowest BCUT2D eigenvalue weighted by molar-refractivity contribution is 0.0922. The van der Waals surface area contributed by atoms with Gasteiger partial charge in [0, 0.05) is 5.56 Å². The predicted molar refractivity (Wildman–Crippen MR) is 54.8 cm³/mol. The third-order valence-corrected chi connectivity index (χ3v) is 4.12. The highest BCUT2D eigenvalue weighted by Crippen LogP contribution is 2.49. The molecule has 2 heterocycles. The number of nitrogens with one attached hydrogen (secondary N) is 1. The Labute approximate surface area is 98.1 Å². The number of hydrogen-bond donors (Lipinski definition) is 1. The van der Waals surface area contributed by atoms with Crippen molar-refractivity contribution in [2.45, 2.75) is 12.1 Å². The lowest BCUT2D eigenvalue weighted by Gasteiger charge is -2.04. The third kappa shape index (κ3) is 1.08. The molecule has 0 unspecified atom stereocenters. The SMILES string of the molecule is O=C1N[C@H]2C(=O)c3c(Cl)sc(Cl)c3[C@H]2O1. The molecule has 1 aliphatic carbocycles. The summed E-state index contributed by atoms with van der Waals surface area (Å²) in [6.07, 6.45) is -1.21. The Kier molecular flexibility index (Phi) is 1.81. The van der Waals surface area contributed by atoms with Crippen LogP contribution in [0.15, 0.2) is 0 Å². The average molecular weight is 264 g/mol. The Morgan fingerprint density at radius 3 is 2.73 bits per heavy atom. The molecule has 0 spiro atoms. The number of thiophene rings is 1. The van der Waals surface area contributed by atoms with Gasteiger partial charge in [0.25, 0.3) is 0 Å². The van der Waals surface area contributed by atoms with Crippen LogP contribution in [0.1, 0.15) is 22.0 Å². The minimum Gasteiger partial charge on any atom is -0.439 e. The second-order valence-electron chi connectivity index (χ2n) is 3.25. The maximum Gasteiger partial charge on any atom is 0.408 e. The van der Waals surface area contributed by atoms with E-state index in [-0.39, 0.29) is 5.78 Å². The van der Waals surface area contributed by atoms with E-state index in [1.165, 1.54) is 0 Å². The van der Waals surface area contributed by atoms with E-state index < -0.39 is 18.2 Å². The number of halogens is 2. The molecule has 1 amide bonds. The van der Waals surface area contributed by atoms with Gasteiger partial charge in [0.1, 0.15) is 14.7 Å². The number of carbonyl (C=O) groups is 2. The first-order chi connectivity index (χ1) is 7.09. The molecule has 2 atom stereocenters. The van der Waals surface area contributed by atoms with Crippen molar-refractivity contribution in [1.82, 2.24) is 5.32 Å². The third-order valence-electron chi connectivity index (χ3n) is 2.48. The summed E-state index contributed by atoms with van der Waals surface area (Å²) in [5.74, 6) is -0.228. The van der Waals surface area contributed by atoms with E-state index in [0.29, 0.717) is 19.8 Å².